The summed E-state index contributed by atoms with van der Waals surface area (Å²) in [6.07, 6.45) is 2.54. The number of halogens is 2. The number of hydrogen-bond donors (Lipinski definition) is 1. The van der Waals surface area contributed by atoms with Gasteiger partial charge in [0.15, 0.2) is 17.5 Å². The van der Waals surface area contributed by atoms with Crippen LogP contribution < -0.4 is 5.32 Å². The first kappa shape index (κ1) is 20.6. The number of anilines is 1. The molecule has 0 bridgehead atoms. The number of benzene rings is 1. The molecule has 0 saturated heterocycles. The van der Waals surface area contributed by atoms with E-state index in [1.54, 1.807) is 35.0 Å². The minimum atomic E-state index is -0.551. The monoisotopic (exact) mass is 425 g/mol. The van der Waals surface area contributed by atoms with Crippen molar-refractivity contribution >= 4 is 5.82 Å². The summed E-state index contributed by atoms with van der Waals surface area (Å²) in [6, 6.07) is 9.86. The second-order valence-corrected chi connectivity index (χ2v) is 7.17. The molecule has 10 heteroatoms. The molecule has 0 unspecified atom stereocenters. The van der Waals surface area contributed by atoms with Crippen LogP contribution >= 0.6 is 0 Å². The molecule has 0 atom stereocenters. The fourth-order valence-electron chi connectivity index (χ4n) is 3.00. The van der Waals surface area contributed by atoms with Crippen LogP contribution in [0.2, 0.25) is 0 Å². The summed E-state index contributed by atoms with van der Waals surface area (Å²) in [7, 11) is 3.86. The van der Waals surface area contributed by atoms with Crippen LogP contribution in [0.3, 0.4) is 0 Å². The molecule has 3 aromatic heterocycles. The van der Waals surface area contributed by atoms with Crippen LogP contribution in [-0.4, -0.2) is 57.0 Å². The predicted octanol–water partition coefficient (Wildman–Crippen LogP) is 3.30. The van der Waals surface area contributed by atoms with E-state index in [1.165, 1.54) is 12.3 Å². The van der Waals surface area contributed by atoms with Crippen LogP contribution in [0.5, 0.6) is 0 Å². The van der Waals surface area contributed by atoms with Gasteiger partial charge in [-0.25, -0.2) is 18.7 Å². The number of rotatable bonds is 8. The molecule has 0 aliphatic rings. The molecule has 4 rings (SSSR count). The number of nitrogens with one attached hydrogen (secondary N) is 1. The van der Waals surface area contributed by atoms with Crippen molar-refractivity contribution in [1.82, 2.24) is 29.8 Å². The molecule has 1 N–H and O–H groups in total. The summed E-state index contributed by atoms with van der Waals surface area (Å²) in [5.41, 5.74) is 2.00. The van der Waals surface area contributed by atoms with Crippen LogP contribution in [0.4, 0.5) is 14.6 Å². The smallest absolute Gasteiger partial charge is 0.183 e. The standard InChI is InChI=1S/C21H21F2N7O/c1-29(2)9-8-24-20-16(23)12-25-21(26-20)18-11-19(17-7-10-31-28-17)30(27-18)13-14-5-3-4-6-15(14)22/h3-7,10-12H,8-9,13H2,1-2H3,(H,24,25,26). The molecule has 0 radical (unpaired) electrons. The Morgan fingerprint density at radius 2 is 1.94 bits per heavy atom. The maximum absolute atomic E-state index is 14.2. The predicted molar refractivity (Wildman–Crippen MR) is 111 cm³/mol. The molecule has 0 aliphatic carbocycles. The third kappa shape index (κ3) is 4.75. The van der Waals surface area contributed by atoms with E-state index in [-0.39, 0.29) is 24.0 Å². The largest absolute Gasteiger partial charge is 0.366 e. The maximum Gasteiger partial charge on any atom is 0.183 e. The number of nitrogens with zero attached hydrogens (tertiary/aromatic N) is 6. The zero-order chi connectivity index (χ0) is 21.8. The van der Waals surface area contributed by atoms with Gasteiger partial charge in [-0.05, 0) is 26.2 Å². The third-order valence-electron chi connectivity index (χ3n) is 4.58. The Hall–Kier alpha value is -3.66. The van der Waals surface area contributed by atoms with Crippen LogP contribution in [0.25, 0.3) is 22.9 Å². The van der Waals surface area contributed by atoms with Gasteiger partial charge in [-0.1, -0.05) is 23.4 Å². The highest BCUT2D eigenvalue weighted by molar-refractivity contribution is 5.63. The van der Waals surface area contributed by atoms with Gasteiger partial charge in [-0.15, -0.1) is 0 Å². The topological polar surface area (TPSA) is 84.9 Å². The molecule has 3 heterocycles. The van der Waals surface area contributed by atoms with E-state index in [2.05, 4.69) is 25.5 Å². The van der Waals surface area contributed by atoms with Gasteiger partial charge in [0.2, 0.25) is 0 Å². The zero-order valence-electron chi connectivity index (χ0n) is 17.1. The Bertz CT molecular complexity index is 1160. The van der Waals surface area contributed by atoms with Crippen LogP contribution in [0.1, 0.15) is 5.56 Å². The van der Waals surface area contributed by atoms with Crippen molar-refractivity contribution in [2.45, 2.75) is 6.54 Å². The molecule has 8 nitrogen and oxygen atoms in total. The van der Waals surface area contributed by atoms with Gasteiger partial charge in [-0.2, -0.15) is 5.10 Å². The van der Waals surface area contributed by atoms with Gasteiger partial charge in [-0.3, -0.25) is 4.68 Å². The van der Waals surface area contributed by atoms with E-state index in [0.717, 1.165) is 6.20 Å². The van der Waals surface area contributed by atoms with Gasteiger partial charge < -0.3 is 14.7 Å². The summed E-state index contributed by atoms with van der Waals surface area (Å²) in [5.74, 6) is -0.551. The average molecular weight is 425 g/mol. The molecule has 1 aromatic carbocycles. The zero-order valence-corrected chi connectivity index (χ0v) is 17.1. The maximum atomic E-state index is 14.2. The van der Waals surface area contributed by atoms with E-state index in [4.69, 9.17) is 4.52 Å². The summed E-state index contributed by atoms with van der Waals surface area (Å²) >= 11 is 0. The van der Waals surface area contributed by atoms with E-state index < -0.39 is 5.82 Å². The van der Waals surface area contributed by atoms with Crippen molar-refractivity contribution in [3.05, 3.63) is 66.1 Å². The van der Waals surface area contributed by atoms with Crippen molar-refractivity contribution in [2.24, 2.45) is 0 Å². The normalized spacial score (nSPS) is 11.3. The van der Waals surface area contributed by atoms with E-state index in [9.17, 15) is 8.78 Å². The first-order valence-corrected chi connectivity index (χ1v) is 9.65. The highest BCUT2D eigenvalue weighted by atomic mass is 19.1. The van der Waals surface area contributed by atoms with Crippen molar-refractivity contribution in [2.75, 3.05) is 32.5 Å². The van der Waals surface area contributed by atoms with Crippen LogP contribution in [0, 0.1) is 11.6 Å². The lowest BCUT2D eigenvalue weighted by atomic mass is 10.2. The number of likely N-dealkylation sites (N-methyl/N-ethyl adjacent to an activating group) is 1. The lowest BCUT2D eigenvalue weighted by Gasteiger charge is -2.11. The molecule has 160 valence electrons. The molecule has 31 heavy (non-hydrogen) atoms. The molecule has 0 aliphatic heterocycles. The Balaban J connectivity index is 1.68. The fourth-order valence-corrected chi connectivity index (χ4v) is 3.00. The molecular formula is C21H21F2N7O. The van der Waals surface area contributed by atoms with Gasteiger partial charge in [0.25, 0.3) is 0 Å². The van der Waals surface area contributed by atoms with Gasteiger partial charge >= 0.3 is 0 Å². The van der Waals surface area contributed by atoms with Gasteiger partial charge in [0, 0.05) is 24.7 Å². The van der Waals surface area contributed by atoms with Crippen molar-refractivity contribution < 1.29 is 13.3 Å². The molecule has 0 amide bonds. The Kier molecular flexibility index (Phi) is 5.99. The molecule has 0 fully saturated rings. The second kappa shape index (κ2) is 9.00. The van der Waals surface area contributed by atoms with Crippen molar-refractivity contribution in [3.8, 4) is 22.9 Å². The number of aromatic nitrogens is 5. The second-order valence-electron chi connectivity index (χ2n) is 7.17. The van der Waals surface area contributed by atoms with E-state index >= 15 is 0 Å². The Morgan fingerprint density at radius 1 is 1.10 bits per heavy atom. The minimum Gasteiger partial charge on any atom is -0.366 e. The summed E-state index contributed by atoms with van der Waals surface area (Å²) in [4.78, 5) is 10.3. The molecular weight excluding hydrogens is 404 g/mol. The molecule has 4 aromatic rings. The lowest BCUT2D eigenvalue weighted by Crippen LogP contribution is -2.21. The molecule has 0 saturated carbocycles. The Morgan fingerprint density at radius 3 is 2.68 bits per heavy atom. The number of hydrogen-bond acceptors (Lipinski definition) is 7. The minimum absolute atomic E-state index is 0.0958. The first-order valence-electron chi connectivity index (χ1n) is 9.65. The summed E-state index contributed by atoms with van der Waals surface area (Å²) in [5, 5.41) is 11.5. The fraction of sp³-hybridized carbons (Fsp3) is 0.238. The van der Waals surface area contributed by atoms with E-state index in [1.807, 2.05) is 19.0 Å². The van der Waals surface area contributed by atoms with Crippen molar-refractivity contribution in [3.63, 3.8) is 0 Å². The molecule has 0 spiro atoms. The first-order chi connectivity index (χ1) is 15.0. The highest BCUT2D eigenvalue weighted by Crippen LogP contribution is 2.25. The van der Waals surface area contributed by atoms with E-state index in [0.29, 0.717) is 35.7 Å². The van der Waals surface area contributed by atoms with Gasteiger partial charge in [0.05, 0.1) is 18.4 Å². The van der Waals surface area contributed by atoms with Gasteiger partial charge in [0.1, 0.15) is 23.5 Å². The summed E-state index contributed by atoms with van der Waals surface area (Å²) < 4.78 is 34.9. The van der Waals surface area contributed by atoms with Crippen molar-refractivity contribution in [1.29, 1.82) is 0 Å². The summed E-state index contributed by atoms with van der Waals surface area (Å²) in [6.45, 7) is 1.41. The average Bonchev–Trinajstić information content (AvgIpc) is 3.41. The Labute approximate surface area is 177 Å². The van der Waals surface area contributed by atoms with Crippen LogP contribution in [-0.2, 0) is 6.54 Å². The SMILES string of the molecule is CN(C)CCNc1nc(-c2cc(-c3ccon3)n(Cc3ccccc3F)n2)ncc1F. The van der Waals surface area contributed by atoms with Crippen LogP contribution in [0.15, 0.2) is 53.4 Å². The lowest BCUT2D eigenvalue weighted by molar-refractivity contribution is 0.421. The quantitative estimate of drug-likeness (QED) is 0.464. The third-order valence-corrected chi connectivity index (χ3v) is 4.58. The highest BCUT2D eigenvalue weighted by Gasteiger charge is 2.18.